The third kappa shape index (κ3) is 3.46. The Balaban J connectivity index is 2.70. The number of hydrogen-bond acceptors (Lipinski definition) is 4. The van der Waals surface area contributed by atoms with Crippen LogP contribution in [-0.2, 0) is 9.59 Å². The summed E-state index contributed by atoms with van der Waals surface area (Å²) in [7, 11) is 0. The van der Waals surface area contributed by atoms with Crippen molar-refractivity contribution in [1.82, 2.24) is 4.90 Å². The van der Waals surface area contributed by atoms with E-state index in [2.05, 4.69) is 0 Å². The van der Waals surface area contributed by atoms with E-state index >= 15 is 0 Å². The Labute approximate surface area is 103 Å². The van der Waals surface area contributed by atoms with Crippen molar-refractivity contribution in [2.75, 3.05) is 0 Å². The second-order valence-corrected chi connectivity index (χ2v) is 4.45. The lowest BCUT2D eigenvalue weighted by atomic mass is 10.2. The number of carbonyl (C=O) groups is 2. The Hall–Kier alpha value is -1.14. The molecular formula is C10H11NO3S2. The number of rotatable bonds is 4. The van der Waals surface area contributed by atoms with Crippen molar-refractivity contribution in [2.45, 2.75) is 19.8 Å². The summed E-state index contributed by atoms with van der Waals surface area (Å²) in [5, 5.41) is 12.2. The number of carboxylic acid groups (broad SMARTS) is 1. The lowest BCUT2D eigenvalue weighted by molar-refractivity contribution is -0.133. The lowest BCUT2D eigenvalue weighted by Crippen LogP contribution is -2.28. The van der Waals surface area contributed by atoms with Gasteiger partial charge in [0.15, 0.2) is 0 Å². The molecular weight excluding hydrogens is 246 g/mol. The predicted molar refractivity (Wildman–Crippen MR) is 66.8 cm³/mol. The molecule has 0 aromatic heterocycles. The molecule has 0 amide bonds. The van der Waals surface area contributed by atoms with Crippen molar-refractivity contribution < 1.29 is 14.7 Å². The second kappa shape index (κ2) is 5.81. The average Bonchev–Trinajstić information content (AvgIpc) is 2.25. The van der Waals surface area contributed by atoms with Gasteiger partial charge >= 0.3 is 5.97 Å². The Morgan fingerprint density at radius 1 is 1.50 bits per heavy atom. The van der Waals surface area contributed by atoms with E-state index in [0.29, 0.717) is 17.8 Å². The molecule has 1 aliphatic rings. The van der Waals surface area contributed by atoms with Gasteiger partial charge in [-0.25, -0.2) is 4.79 Å². The van der Waals surface area contributed by atoms with Gasteiger partial charge < -0.3 is 14.8 Å². The topological polar surface area (TPSA) is 57.6 Å². The molecule has 0 unspecified atom stereocenters. The summed E-state index contributed by atoms with van der Waals surface area (Å²) in [5.74, 6) is -0.986. The molecule has 16 heavy (non-hydrogen) atoms. The first-order valence-electron chi connectivity index (χ1n) is 4.59. The van der Waals surface area contributed by atoms with Gasteiger partial charge in [0.05, 0.1) is 4.99 Å². The van der Waals surface area contributed by atoms with Gasteiger partial charge in [-0.2, -0.15) is 0 Å². The fourth-order valence-corrected chi connectivity index (χ4v) is 1.99. The van der Waals surface area contributed by atoms with Gasteiger partial charge in [0.25, 0.3) is 0 Å². The zero-order chi connectivity index (χ0) is 12.1. The van der Waals surface area contributed by atoms with E-state index in [4.69, 9.17) is 17.3 Å². The molecule has 0 spiro atoms. The minimum absolute atomic E-state index is 0.0403. The molecule has 0 radical (unpaired) electrons. The molecule has 0 bridgehead atoms. The van der Waals surface area contributed by atoms with Gasteiger partial charge in [-0.15, -0.1) is 11.8 Å². The second-order valence-electron chi connectivity index (χ2n) is 3.20. The van der Waals surface area contributed by atoms with E-state index in [1.807, 2.05) is 0 Å². The normalized spacial score (nSPS) is 14.6. The summed E-state index contributed by atoms with van der Waals surface area (Å²) in [6.07, 6.45) is 2.34. The van der Waals surface area contributed by atoms with E-state index in [0.717, 1.165) is 0 Å². The third-order valence-electron chi connectivity index (χ3n) is 1.91. The van der Waals surface area contributed by atoms with Crippen LogP contribution in [0, 0.1) is 0 Å². The summed E-state index contributed by atoms with van der Waals surface area (Å²) < 4.78 is 0. The monoisotopic (exact) mass is 257 g/mol. The fraction of sp³-hybridized carbons (Fsp3) is 0.300. The summed E-state index contributed by atoms with van der Waals surface area (Å²) in [6, 6.07) is 0. The number of ketones is 1. The van der Waals surface area contributed by atoms with Crippen molar-refractivity contribution in [3.63, 3.8) is 0 Å². The maximum Gasteiger partial charge on any atom is 0.353 e. The molecule has 1 aliphatic heterocycles. The van der Waals surface area contributed by atoms with Gasteiger partial charge in [0.2, 0.25) is 0 Å². The van der Waals surface area contributed by atoms with Crippen molar-refractivity contribution in [1.29, 1.82) is 0 Å². The number of thioether (sulfide) groups is 1. The average molecular weight is 257 g/mol. The zero-order valence-electron chi connectivity index (χ0n) is 8.67. The molecule has 0 aromatic carbocycles. The molecule has 0 saturated heterocycles. The van der Waals surface area contributed by atoms with Crippen molar-refractivity contribution in [3.05, 3.63) is 22.7 Å². The molecule has 0 saturated carbocycles. The van der Waals surface area contributed by atoms with Crippen LogP contribution < -0.4 is 0 Å². The largest absolute Gasteiger partial charge is 0.477 e. The summed E-state index contributed by atoms with van der Waals surface area (Å²) in [6.45, 7) is 1.48. The zero-order valence-corrected chi connectivity index (χ0v) is 10.3. The highest BCUT2D eigenvalue weighted by Gasteiger charge is 2.20. The highest BCUT2D eigenvalue weighted by Crippen LogP contribution is 2.22. The highest BCUT2D eigenvalue weighted by atomic mass is 32.2. The number of carboxylic acids is 1. The molecule has 0 atom stereocenters. The molecule has 86 valence electrons. The minimum atomic E-state index is -1.03. The van der Waals surface area contributed by atoms with E-state index in [9.17, 15) is 9.59 Å². The number of nitrogens with zero attached hydrogens (tertiary/aromatic N) is 1. The van der Waals surface area contributed by atoms with Crippen LogP contribution in [0.4, 0.5) is 0 Å². The van der Waals surface area contributed by atoms with Crippen molar-refractivity contribution >= 4 is 40.7 Å². The van der Waals surface area contributed by atoms with Crippen LogP contribution >= 0.6 is 24.0 Å². The first kappa shape index (κ1) is 12.9. The van der Waals surface area contributed by atoms with Gasteiger partial charge in [0.1, 0.15) is 11.5 Å². The first-order chi connectivity index (χ1) is 7.52. The quantitative estimate of drug-likeness (QED) is 0.779. The Bertz CT molecular complexity index is 388. The number of Topliss-reactive ketones (excluding diaryl/α,β-unsaturated/α-hetero) is 1. The van der Waals surface area contributed by atoms with E-state index in [1.165, 1.54) is 29.0 Å². The smallest absolute Gasteiger partial charge is 0.353 e. The molecule has 0 aliphatic carbocycles. The summed E-state index contributed by atoms with van der Waals surface area (Å²) >= 11 is 6.38. The SMILES string of the molecule is CC(=O)CCC(=S)N1C=CSC=C1C(=O)O. The van der Waals surface area contributed by atoms with Crippen molar-refractivity contribution in [3.8, 4) is 0 Å². The summed E-state index contributed by atoms with van der Waals surface area (Å²) in [4.78, 5) is 23.6. The maximum atomic E-state index is 10.9. The van der Waals surface area contributed by atoms with Gasteiger partial charge in [0, 0.05) is 24.4 Å². The number of carbonyl (C=O) groups excluding carboxylic acids is 1. The third-order valence-corrected chi connectivity index (χ3v) is 2.95. The molecule has 1 rings (SSSR count). The molecule has 6 heteroatoms. The van der Waals surface area contributed by atoms with Crippen LogP contribution in [0.2, 0.25) is 0 Å². The standard InChI is InChI=1S/C10H11NO3S2/c1-7(12)2-3-9(15)11-4-5-16-6-8(11)10(13)14/h4-6H,2-3H2,1H3,(H,13,14). The van der Waals surface area contributed by atoms with Crippen LogP contribution in [0.25, 0.3) is 0 Å². The van der Waals surface area contributed by atoms with Crippen LogP contribution in [0.5, 0.6) is 0 Å². The molecule has 4 nitrogen and oxygen atoms in total. The van der Waals surface area contributed by atoms with Gasteiger partial charge in [-0.05, 0) is 12.3 Å². The summed E-state index contributed by atoms with van der Waals surface area (Å²) in [5.41, 5.74) is 0.126. The number of thiocarbonyl (C=S) groups is 1. The molecule has 1 heterocycles. The fourth-order valence-electron chi connectivity index (χ4n) is 1.11. The van der Waals surface area contributed by atoms with Crippen LogP contribution in [0.3, 0.4) is 0 Å². The first-order valence-corrected chi connectivity index (χ1v) is 5.94. The molecule has 1 N–H and O–H groups in total. The Morgan fingerprint density at radius 2 is 2.19 bits per heavy atom. The highest BCUT2D eigenvalue weighted by molar-refractivity contribution is 8.05. The van der Waals surface area contributed by atoms with Crippen LogP contribution in [0.1, 0.15) is 19.8 Å². The minimum Gasteiger partial charge on any atom is -0.477 e. The molecule has 0 aromatic rings. The Kier molecular flexibility index (Phi) is 4.70. The number of aliphatic carboxylic acids is 1. The maximum absolute atomic E-state index is 10.9. The van der Waals surface area contributed by atoms with Crippen LogP contribution in [0.15, 0.2) is 22.7 Å². The van der Waals surface area contributed by atoms with Crippen molar-refractivity contribution in [2.24, 2.45) is 0 Å². The Morgan fingerprint density at radius 3 is 2.75 bits per heavy atom. The predicted octanol–water partition coefficient (Wildman–Crippen LogP) is 2.13. The molecule has 0 fully saturated rings. The van der Waals surface area contributed by atoms with Gasteiger partial charge in [-0.3, -0.25) is 0 Å². The van der Waals surface area contributed by atoms with Gasteiger partial charge in [-0.1, -0.05) is 12.2 Å². The van der Waals surface area contributed by atoms with Crippen LogP contribution in [-0.4, -0.2) is 26.7 Å². The lowest BCUT2D eigenvalue weighted by Gasteiger charge is -2.23. The van der Waals surface area contributed by atoms with E-state index < -0.39 is 5.97 Å². The van der Waals surface area contributed by atoms with E-state index in [1.54, 1.807) is 11.6 Å². The number of hydrogen-bond donors (Lipinski definition) is 1. The van der Waals surface area contributed by atoms with E-state index in [-0.39, 0.29) is 11.5 Å².